The van der Waals surface area contributed by atoms with Gasteiger partial charge in [-0.25, -0.2) is 9.97 Å². The molecule has 1 saturated heterocycles. The molecule has 1 N–H and O–H groups in total. The van der Waals surface area contributed by atoms with Crippen LogP contribution < -0.4 is 5.56 Å². The van der Waals surface area contributed by atoms with Crippen LogP contribution in [0.1, 0.15) is 36.1 Å². The molecular weight excluding hydrogens is 356 g/mol. The predicted octanol–water partition coefficient (Wildman–Crippen LogP) is 4.26. The fourth-order valence-electron chi connectivity index (χ4n) is 3.89. The van der Waals surface area contributed by atoms with Crippen LogP contribution in [0.15, 0.2) is 53.3 Å². The summed E-state index contributed by atoms with van der Waals surface area (Å²) < 4.78 is 1.23. The van der Waals surface area contributed by atoms with Crippen molar-refractivity contribution in [2.75, 3.05) is 6.54 Å². The van der Waals surface area contributed by atoms with E-state index < -0.39 is 0 Å². The van der Waals surface area contributed by atoms with Gasteiger partial charge >= 0.3 is 0 Å². The summed E-state index contributed by atoms with van der Waals surface area (Å²) in [6.07, 6.45) is 3.47. The van der Waals surface area contributed by atoms with Crippen LogP contribution in [0.4, 0.5) is 0 Å². The first-order valence-corrected chi connectivity index (χ1v) is 10.2. The van der Waals surface area contributed by atoms with Gasteiger partial charge in [-0.05, 0) is 43.7 Å². The fourth-order valence-corrected chi connectivity index (χ4v) is 5.03. The van der Waals surface area contributed by atoms with Gasteiger partial charge in [0.15, 0.2) is 0 Å². The maximum atomic E-state index is 12.4. The molecule has 1 atom stereocenters. The van der Waals surface area contributed by atoms with Gasteiger partial charge in [0.25, 0.3) is 5.56 Å². The quantitative estimate of drug-likeness (QED) is 0.580. The second kappa shape index (κ2) is 6.87. The Hall–Kier alpha value is -2.57. The van der Waals surface area contributed by atoms with E-state index in [2.05, 4.69) is 33.1 Å². The van der Waals surface area contributed by atoms with Crippen LogP contribution in [-0.4, -0.2) is 26.4 Å². The lowest BCUT2D eigenvalue weighted by molar-refractivity contribution is 0.137. The van der Waals surface area contributed by atoms with E-state index in [1.54, 1.807) is 11.3 Å². The number of rotatable bonds is 3. The van der Waals surface area contributed by atoms with Crippen molar-refractivity contribution in [3.05, 3.63) is 69.7 Å². The molecule has 27 heavy (non-hydrogen) atoms. The number of hydrogen-bond acceptors (Lipinski definition) is 5. The molecule has 2 aromatic heterocycles. The van der Waals surface area contributed by atoms with Crippen molar-refractivity contribution in [1.82, 2.24) is 19.9 Å². The Labute approximate surface area is 160 Å². The lowest BCUT2D eigenvalue weighted by Gasteiger charge is -2.34. The number of thiazole rings is 1. The molecule has 1 aliphatic rings. The molecule has 6 heteroatoms. The zero-order valence-corrected chi connectivity index (χ0v) is 15.7. The smallest absolute Gasteiger partial charge is 0.258 e. The third-order valence-electron chi connectivity index (χ3n) is 5.22. The highest BCUT2D eigenvalue weighted by Crippen LogP contribution is 2.36. The highest BCUT2D eigenvalue weighted by atomic mass is 32.1. The molecule has 0 aliphatic carbocycles. The van der Waals surface area contributed by atoms with Crippen LogP contribution in [0.2, 0.25) is 0 Å². The Morgan fingerprint density at radius 3 is 2.74 bits per heavy atom. The molecule has 1 fully saturated rings. The second-order valence-electron chi connectivity index (χ2n) is 7.03. The van der Waals surface area contributed by atoms with Crippen molar-refractivity contribution in [3.8, 4) is 0 Å². The van der Waals surface area contributed by atoms with Crippen LogP contribution >= 0.6 is 11.3 Å². The molecule has 1 aliphatic heterocycles. The Morgan fingerprint density at radius 1 is 1.04 bits per heavy atom. The van der Waals surface area contributed by atoms with E-state index in [1.165, 1.54) is 22.5 Å². The van der Waals surface area contributed by atoms with Gasteiger partial charge in [-0.3, -0.25) is 9.69 Å². The Balaban J connectivity index is 1.48. The first kappa shape index (κ1) is 16.6. The van der Waals surface area contributed by atoms with Gasteiger partial charge < -0.3 is 4.98 Å². The van der Waals surface area contributed by atoms with Crippen molar-refractivity contribution >= 4 is 32.5 Å². The number of nitrogens with zero attached hydrogens (tertiary/aromatic N) is 3. The van der Waals surface area contributed by atoms with Gasteiger partial charge in [-0.2, -0.15) is 0 Å². The van der Waals surface area contributed by atoms with E-state index in [0.29, 0.717) is 11.9 Å². The summed E-state index contributed by atoms with van der Waals surface area (Å²) in [7, 11) is 0. The van der Waals surface area contributed by atoms with Crippen molar-refractivity contribution < 1.29 is 0 Å². The number of likely N-dealkylation sites (tertiary alicyclic amines) is 1. The van der Waals surface area contributed by atoms with E-state index in [1.807, 2.05) is 30.3 Å². The summed E-state index contributed by atoms with van der Waals surface area (Å²) in [5.41, 5.74) is 1.76. The largest absolute Gasteiger partial charge is 0.309 e. The number of aromatic amines is 1. The molecule has 136 valence electrons. The minimum Gasteiger partial charge on any atom is -0.309 e. The predicted molar refractivity (Wildman–Crippen MR) is 109 cm³/mol. The molecule has 0 amide bonds. The molecule has 0 bridgehead atoms. The number of hydrogen-bond donors (Lipinski definition) is 1. The van der Waals surface area contributed by atoms with Gasteiger partial charge in [-0.15, -0.1) is 11.3 Å². The summed E-state index contributed by atoms with van der Waals surface area (Å²) in [5, 5.41) is 1.81. The van der Waals surface area contributed by atoms with E-state index in [4.69, 9.17) is 4.98 Å². The first-order chi connectivity index (χ1) is 13.3. The molecule has 2 aromatic carbocycles. The highest BCUT2D eigenvalue weighted by Gasteiger charge is 2.27. The number of fused-ring (bicyclic) bond motifs is 2. The third-order valence-corrected chi connectivity index (χ3v) is 6.36. The molecule has 3 heterocycles. The molecular formula is C21H20N4OS. The summed E-state index contributed by atoms with van der Waals surface area (Å²) in [4.78, 5) is 27.3. The average molecular weight is 376 g/mol. The standard InChI is InChI=1S/C21H20N4OS/c26-20-14-7-1-2-8-15(14)22-19(24-20)13-25-12-6-5-10-17(25)21-23-16-9-3-4-11-18(16)27-21/h1-4,7-9,11,17H,5-6,10,12-13H2,(H,22,24,26)/t17-/m1/s1. The topological polar surface area (TPSA) is 61.9 Å². The van der Waals surface area contributed by atoms with Crippen molar-refractivity contribution in [1.29, 1.82) is 0 Å². The number of benzene rings is 2. The zero-order valence-electron chi connectivity index (χ0n) is 14.9. The summed E-state index contributed by atoms with van der Waals surface area (Å²) in [5.74, 6) is 0.728. The molecule has 4 aromatic rings. The van der Waals surface area contributed by atoms with Crippen LogP contribution in [0.5, 0.6) is 0 Å². The number of aromatic nitrogens is 3. The molecule has 0 spiro atoms. The number of para-hydroxylation sites is 2. The van der Waals surface area contributed by atoms with Gasteiger partial charge in [0.2, 0.25) is 0 Å². The summed E-state index contributed by atoms with van der Waals surface area (Å²) in [6, 6.07) is 16.1. The van der Waals surface area contributed by atoms with Gasteiger partial charge in [0.1, 0.15) is 10.8 Å². The molecule has 0 unspecified atom stereocenters. The Bertz CT molecular complexity index is 1130. The van der Waals surface area contributed by atoms with Gasteiger partial charge in [-0.1, -0.05) is 30.7 Å². The maximum absolute atomic E-state index is 12.4. The van der Waals surface area contributed by atoms with Crippen LogP contribution in [0.25, 0.3) is 21.1 Å². The van der Waals surface area contributed by atoms with Crippen molar-refractivity contribution in [2.24, 2.45) is 0 Å². The van der Waals surface area contributed by atoms with E-state index in [0.717, 1.165) is 29.8 Å². The summed E-state index contributed by atoms with van der Waals surface area (Å²) in [6.45, 7) is 1.64. The number of piperidine rings is 1. The molecule has 0 saturated carbocycles. The molecule has 5 nitrogen and oxygen atoms in total. The molecule has 5 rings (SSSR count). The zero-order chi connectivity index (χ0) is 18.2. The lowest BCUT2D eigenvalue weighted by Crippen LogP contribution is -2.34. The van der Waals surface area contributed by atoms with E-state index in [-0.39, 0.29) is 11.6 Å². The number of nitrogens with one attached hydrogen (secondary N) is 1. The van der Waals surface area contributed by atoms with E-state index >= 15 is 0 Å². The second-order valence-corrected chi connectivity index (χ2v) is 8.09. The number of H-pyrrole nitrogens is 1. The van der Waals surface area contributed by atoms with Crippen molar-refractivity contribution in [2.45, 2.75) is 31.8 Å². The highest BCUT2D eigenvalue weighted by molar-refractivity contribution is 7.18. The molecule has 0 radical (unpaired) electrons. The van der Waals surface area contributed by atoms with Crippen LogP contribution in [0, 0.1) is 0 Å². The van der Waals surface area contributed by atoms with Crippen molar-refractivity contribution in [3.63, 3.8) is 0 Å². The minimum absolute atomic E-state index is 0.0656. The Kier molecular flexibility index (Phi) is 4.22. The van der Waals surface area contributed by atoms with Gasteiger partial charge in [0, 0.05) is 0 Å². The third kappa shape index (κ3) is 3.15. The lowest BCUT2D eigenvalue weighted by atomic mass is 10.0. The minimum atomic E-state index is -0.0656. The Morgan fingerprint density at radius 2 is 1.85 bits per heavy atom. The summed E-state index contributed by atoms with van der Waals surface area (Å²) >= 11 is 1.78. The normalized spacial score (nSPS) is 18.3. The maximum Gasteiger partial charge on any atom is 0.258 e. The first-order valence-electron chi connectivity index (χ1n) is 9.35. The van der Waals surface area contributed by atoms with Crippen LogP contribution in [0.3, 0.4) is 0 Å². The fraction of sp³-hybridized carbons (Fsp3) is 0.286. The monoisotopic (exact) mass is 376 g/mol. The van der Waals surface area contributed by atoms with Gasteiger partial charge in [0.05, 0.1) is 33.7 Å². The average Bonchev–Trinajstić information content (AvgIpc) is 3.12. The SMILES string of the molecule is O=c1[nH]c(CN2CCCC[C@@H]2c2nc3ccccc3s2)nc2ccccc12. The van der Waals surface area contributed by atoms with Crippen LogP contribution in [-0.2, 0) is 6.54 Å². The van der Waals surface area contributed by atoms with E-state index in [9.17, 15) is 4.79 Å².